The summed E-state index contributed by atoms with van der Waals surface area (Å²) >= 11 is 0. The summed E-state index contributed by atoms with van der Waals surface area (Å²) in [5.41, 5.74) is 1.15. The van der Waals surface area contributed by atoms with Gasteiger partial charge in [-0.1, -0.05) is 0 Å². The van der Waals surface area contributed by atoms with Gasteiger partial charge in [0.1, 0.15) is 5.82 Å². The van der Waals surface area contributed by atoms with Gasteiger partial charge in [-0.2, -0.15) is 0 Å². The first-order valence-electron chi connectivity index (χ1n) is 2.97. The lowest BCUT2D eigenvalue weighted by molar-refractivity contribution is 1.24. The minimum Gasteiger partial charge on any atom is -0.344 e. The smallest absolute Gasteiger partial charge is 0.129 e. The van der Waals surface area contributed by atoms with Crippen LogP contribution in [0.1, 0.15) is 12.6 Å². The Labute approximate surface area is 54.6 Å². The minimum absolute atomic E-state index is 0.926. The van der Waals surface area contributed by atoms with Gasteiger partial charge in [0.2, 0.25) is 0 Å². The highest BCUT2D eigenvalue weighted by Crippen LogP contribution is 2.08. The number of hydrogen-bond acceptors (Lipinski definition) is 1. The van der Waals surface area contributed by atoms with Crippen LogP contribution in [0.25, 0.3) is 0 Å². The second kappa shape index (κ2) is 2.49. The molecule has 0 amide bonds. The zero-order valence-corrected chi connectivity index (χ0v) is 5.68. The van der Waals surface area contributed by atoms with Gasteiger partial charge in [-0.25, -0.2) is 4.99 Å². The average Bonchev–Trinajstić information content (AvgIpc) is 2.17. The fourth-order valence-electron chi connectivity index (χ4n) is 0.704. The van der Waals surface area contributed by atoms with E-state index in [1.807, 2.05) is 26.0 Å². The Kier molecular flexibility index (Phi) is 1.68. The van der Waals surface area contributed by atoms with Crippen LogP contribution < -0.4 is 0 Å². The topological polar surface area (TPSA) is 28.1 Å². The predicted molar refractivity (Wildman–Crippen MR) is 39.4 cm³/mol. The molecule has 0 radical (unpaired) electrons. The molecule has 1 rings (SSSR count). The molecular formula is C7H10N2. The van der Waals surface area contributed by atoms with E-state index in [1.165, 1.54) is 0 Å². The lowest BCUT2D eigenvalue weighted by atomic mass is 10.5. The third kappa shape index (κ3) is 1.42. The van der Waals surface area contributed by atoms with Crippen LogP contribution >= 0.6 is 0 Å². The molecule has 0 aliphatic heterocycles. The van der Waals surface area contributed by atoms with E-state index < -0.39 is 0 Å². The standard InChI is InChI=1S/C7H10N2/c1-3-8-7-5-4-6(2)9-7/h3-5,9H,1-2H3/b8-3-. The van der Waals surface area contributed by atoms with E-state index in [-0.39, 0.29) is 0 Å². The second-order valence-corrected chi connectivity index (χ2v) is 1.91. The second-order valence-electron chi connectivity index (χ2n) is 1.91. The van der Waals surface area contributed by atoms with Crippen LogP contribution in [-0.2, 0) is 0 Å². The fourth-order valence-corrected chi connectivity index (χ4v) is 0.704. The van der Waals surface area contributed by atoms with Crippen molar-refractivity contribution in [2.75, 3.05) is 0 Å². The maximum atomic E-state index is 4.05. The van der Waals surface area contributed by atoms with E-state index >= 15 is 0 Å². The summed E-state index contributed by atoms with van der Waals surface area (Å²) in [5.74, 6) is 0.926. The predicted octanol–water partition coefficient (Wildman–Crippen LogP) is 2.05. The van der Waals surface area contributed by atoms with E-state index in [1.54, 1.807) is 6.21 Å². The molecule has 1 aromatic heterocycles. The van der Waals surface area contributed by atoms with E-state index in [9.17, 15) is 0 Å². The molecule has 1 N–H and O–H groups in total. The van der Waals surface area contributed by atoms with E-state index in [0.717, 1.165) is 11.5 Å². The van der Waals surface area contributed by atoms with Crippen molar-refractivity contribution >= 4 is 12.0 Å². The molecule has 0 spiro atoms. The largest absolute Gasteiger partial charge is 0.344 e. The van der Waals surface area contributed by atoms with E-state index in [4.69, 9.17) is 0 Å². The van der Waals surface area contributed by atoms with Gasteiger partial charge in [-0.3, -0.25) is 0 Å². The van der Waals surface area contributed by atoms with Gasteiger partial charge < -0.3 is 4.98 Å². The van der Waals surface area contributed by atoms with Crippen LogP contribution in [0, 0.1) is 6.92 Å². The van der Waals surface area contributed by atoms with Crippen molar-refractivity contribution in [1.82, 2.24) is 4.98 Å². The van der Waals surface area contributed by atoms with Crippen molar-refractivity contribution in [2.45, 2.75) is 13.8 Å². The number of aliphatic imine (C=N–C) groups is 1. The van der Waals surface area contributed by atoms with E-state index in [2.05, 4.69) is 9.98 Å². The molecule has 48 valence electrons. The summed E-state index contributed by atoms with van der Waals surface area (Å²) in [6.45, 7) is 3.91. The molecule has 0 fully saturated rings. The van der Waals surface area contributed by atoms with Gasteiger partial charge in [-0.15, -0.1) is 0 Å². The fraction of sp³-hybridized carbons (Fsp3) is 0.286. The number of aryl methyl sites for hydroxylation is 1. The Bertz CT molecular complexity index is 210. The molecule has 1 heterocycles. The van der Waals surface area contributed by atoms with Crippen LogP contribution in [-0.4, -0.2) is 11.2 Å². The normalized spacial score (nSPS) is 10.9. The molecule has 0 aliphatic rings. The van der Waals surface area contributed by atoms with Gasteiger partial charge in [0.25, 0.3) is 0 Å². The van der Waals surface area contributed by atoms with Crippen LogP contribution in [0.5, 0.6) is 0 Å². The Morgan fingerprint density at radius 3 is 2.78 bits per heavy atom. The third-order valence-corrected chi connectivity index (χ3v) is 1.08. The summed E-state index contributed by atoms with van der Waals surface area (Å²) in [7, 11) is 0. The van der Waals surface area contributed by atoms with Gasteiger partial charge in [0, 0.05) is 11.9 Å². The summed E-state index contributed by atoms with van der Waals surface area (Å²) in [6.07, 6.45) is 1.77. The van der Waals surface area contributed by atoms with Crippen molar-refractivity contribution in [3.63, 3.8) is 0 Å². The number of nitrogens with one attached hydrogen (secondary N) is 1. The molecule has 0 unspecified atom stereocenters. The van der Waals surface area contributed by atoms with Gasteiger partial charge in [0.05, 0.1) is 0 Å². The zero-order chi connectivity index (χ0) is 6.69. The molecule has 2 nitrogen and oxygen atoms in total. The number of aromatic amines is 1. The van der Waals surface area contributed by atoms with Gasteiger partial charge in [0.15, 0.2) is 0 Å². The molecule has 0 aliphatic carbocycles. The first-order chi connectivity index (χ1) is 4.33. The molecule has 2 heteroatoms. The summed E-state index contributed by atoms with van der Waals surface area (Å²) in [5, 5.41) is 0. The highest BCUT2D eigenvalue weighted by atomic mass is 14.9. The Hall–Kier alpha value is -1.05. The summed E-state index contributed by atoms with van der Waals surface area (Å²) in [6, 6.07) is 3.96. The highest BCUT2D eigenvalue weighted by molar-refractivity contribution is 5.58. The average molecular weight is 122 g/mol. The monoisotopic (exact) mass is 122 g/mol. The quantitative estimate of drug-likeness (QED) is 0.552. The molecule has 0 saturated carbocycles. The van der Waals surface area contributed by atoms with Gasteiger partial charge >= 0.3 is 0 Å². The molecule has 0 aromatic carbocycles. The SMILES string of the molecule is C/C=N\c1ccc(C)[nH]1. The van der Waals surface area contributed by atoms with Crippen molar-refractivity contribution in [2.24, 2.45) is 4.99 Å². The summed E-state index contributed by atoms with van der Waals surface area (Å²) in [4.78, 5) is 7.13. The van der Waals surface area contributed by atoms with E-state index in [0.29, 0.717) is 0 Å². The summed E-state index contributed by atoms with van der Waals surface area (Å²) < 4.78 is 0. The third-order valence-electron chi connectivity index (χ3n) is 1.08. The molecule has 9 heavy (non-hydrogen) atoms. The van der Waals surface area contributed by atoms with Crippen molar-refractivity contribution in [1.29, 1.82) is 0 Å². The number of H-pyrrole nitrogens is 1. The first-order valence-corrected chi connectivity index (χ1v) is 2.97. The first kappa shape index (κ1) is 6.08. The Morgan fingerprint density at radius 1 is 1.56 bits per heavy atom. The van der Waals surface area contributed by atoms with Crippen molar-refractivity contribution in [3.05, 3.63) is 17.8 Å². The number of nitrogens with zero attached hydrogens (tertiary/aromatic N) is 1. The lowest BCUT2D eigenvalue weighted by Gasteiger charge is -1.81. The Morgan fingerprint density at radius 2 is 2.33 bits per heavy atom. The lowest BCUT2D eigenvalue weighted by Crippen LogP contribution is -1.65. The van der Waals surface area contributed by atoms with Crippen LogP contribution in [0.4, 0.5) is 5.82 Å². The zero-order valence-electron chi connectivity index (χ0n) is 5.68. The Balaban J connectivity index is 2.85. The highest BCUT2D eigenvalue weighted by Gasteiger charge is 1.86. The number of hydrogen-bond donors (Lipinski definition) is 1. The van der Waals surface area contributed by atoms with Crippen LogP contribution in [0.15, 0.2) is 17.1 Å². The molecule has 0 atom stereocenters. The molecule has 0 saturated heterocycles. The van der Waals surface area contributed by atoms with Gasteiger partial charge in [-0.05, 0) is 26.0 Å². The van der Waals surface area contributed by atoms with Crippen molar-refractivity contribution < 1.29 is 0 Å². The number of aromatic nitrogens is 1. The maximum Gasteiger partial charge on any atom is 0.129 e. The molecule has 1 aromatic rings. The van der Waals surface area contributed by atoms with Crippen LogP contribution in [0.2, 0.25) is 0 Å². The number of rotatable bonds is 1. The molecular weight excluding hydrogens is 112 g/mol. The van der Waals surface area contributed by atoms with Crippen molar-refractivity contribution in [3.8, 4) is 0 Å². The minimum atomic E-state index is 0.926. The van der Waals surface area contributed by atoms with Crippen LogP contribution in [0.3, 0.4) is 0 Å². The maximum absolute atomic E-state index is 4.05. The molecule has 0 bridgehead atoms.